The van der Waals surface area contributed by atoms with Gasteiger partial charge in [-0.25, -0.2) is 9.97 Å². The molecule has 0 bridgehead atoms. The first-order valence-electron chi connectivity index (χ1n) is 6.76. The third kappa shape index (κ3) is 2.40. The summed E-state index contributed by atoms with van der Waals surface area (Å²) in [7, 11) is 0. The maximum atomic E-state index is 5.79. The lowest BCUT2D eigenvalue weighted by atomic mass is 10.1. The zero-order chi connectivity index (χ0) is 15.0. The maximum absolute atomic E-state index is 5.79. The van der Waals surface area contributed by atoms with Crippen LogP contribution < -0.4 is 11.1 Å². The molecule has 6 heteroatoms. The Kier molecular flexibility index (Phi) is 3.21. The Hall–Kier alpha value is -2.63. The molecule has 2 heterocycles. The zero-order valence-electron chi connectivity index (χ0n) is 12.2. The van der Waals surface area contributed by atoms with Crippen molar-refractivity contribution in [3.05, 3.63) is 41.5 Å². The van der Waals surface area contributed by atoms with Gasteiger partial charge in [0.25, 0.3) is 0 Å². The first-order valence-corrected chi connectivity index (χ1v) is 6.76. The van der Waals surface area contributed by atoms with E-state index in [9.17, 15) is 0 Å². The minimum absolute atomic E-state index is 0.0342. The van der Waals surface area contributed by atoms with Crippen LogP contribution >= 0.6 is 0 Å². The van der Waals surface area contributed by atoms with Gasteiger partial charge in [-0.3, -0.25) is 0 Å². The lowest BCUT2D eigenvalue weighted by Crippen LogP contribution is -2.10. The molecule has 0 aliphatic carbocycles. The van der Waals surface area contributed by atoms with Gasteiger partial charge in [0.05, 0.1) is 17.3 Å². The molecule has 0 fully saturated rings. The standard InChI is InChI=1S/C15H17N5O/c1-8(14-9(2)20-21-10(14)3)19-15-12-5-4-11(16)6-13(12)17-7-18-15/h4-8H,16H2,1-3H3,(H,17,18,19). The molecule has 0 aliphatic rings. The van der Waals surface area contributed by atoms with Crippen LogP contribution in [0.15, 0.2) is 29.0 Å². The Labute approximate surface area is 122 Å². The van der Waals surface area contributed by atoms with E-state index in [-0.39, 0.29) is 6.04 Å². The van der Waals surface area contributed by atoms with E-state index in [2.05, 4.69) is 27.4 Å². The lowest BCUT2D eigenvalue weighted by molar-refractivity contribution is 0.392. The second-order valence-corrected chi connectivity index (χ2v) is 5.10. The number of nitrogens with two attached hydrogens (primary N) is 1. The molecule has 1 unspecified atom stereocenters. The predicted molar refractivity (Wildman–Crippen MR) is 82.0 cm³/mol. The quantitative estimate of drug-likeness (QED) is 0.718. The molecule has 0 aliphatic heterocycles. The molecule has 1 atom stereocenters. The van der Waals surface area contributed by atoms with E-state index in [0.717, 1.165) is 33.7 Å². The van der Waals surface area contributed by atoms with Crippen molar-refractivity contribution in [3.63, 3.8) is 0 Å². The minimum Gasteiger partial charge on any atom is -0.399 e. The molecule has 0 spiro atoms. The van der Waals surface area contributed by atoms with Crippen molar-refractivity contribution >= 4 is 22.4 Å². The number of benzene rings is 1. The van der Waals surface area contributed by atoms with E-state index in [1.165, 1.54) is 6.33 Å². The second-order valence-electron chi connectivity index (χ2n) is 5.10. The molecule has 108 valence electrons. The Morgan fingerprint density at radius 2 is 2.05 bits per heavy atom. The SMILES string of the molecule is Cc1noc(C)c1C(C)Nc1ncnc2cc(N)ccc12. The van der Waals surface area contributed by atoms with Crippen molar-refractivity contribution in [2.24, 2.45) is 0 Å². The number of nitrogen functional groups attached to an aromatic ring is 1. The van der Waals surface area contributed by atoms with E-state index >= 15 is 0 Å². The summed E-state index contributed by atoms with van der Waals surface area (Å²) in [6.45, 7) is 5.90. The van der Waals surface area contributed by atoms with Crippen molar-refractivity contribution < 1.29 is 4.52 Å². The third-order valence-corrected chi connectivity index (χ3v) is 3.54. The molecule has 3 N–H and O–H groups in total. The number of fused-ring (bicyclic) bond motifs is 1. The van der Waals surface area contributed by atoms with Crippen molar-refractivity contribution in [3.8, 4) is 0 Å². The van der Waals surface area contributed by atoms with Crippen LogP contribution in [0.3, 0.4) is 0 Å². The van der Waals surface area contributed by atoms with Crippen LogP contribution in [0.1, 0.15) is 30.0 Å². The minimum atomic E-state index is 0.0342. The molecule has 0 amide bonds. The van der Waals surface area contributed by atoms with Gasteiger partial charge in [-0.15, -0.1) is 0 Å². The lowest BCUT2D eigenvalue weighted by Gasteiger charge is -2.15. The van der Waals surface area contributed by atoms with Gasteiger partial charge in [0, 0.05) is 16.6 Å². The smallest absolute Gasteiger partial charge is 0.139 e. The van der Waals surface area contributed by atoms with Crippen LogP contribution in [0.25, 0.3) is 10.9 Å². The summed E-state index contributed by atoms with van der Waals surface area (Å²) in [5.41, 5.74) is 9.23. The average molecular weight is 283 g/mol. The van der Waals surface area contributed by atoms with E-state index in [4.69, 9.17) is 10.3 Å². The maximum Gasteiger partial charge on any atom is 0.139 e. The number of nitrogens with one attached hydrogen (secondary N) is 1. The summed E-state index contributed by atoms with van der Waals surface area (Å²) < 4.78 is 5.22. The highest BCUT2D eigenvalue weighted by Gasteiger charge is 2.17. The molecular weight excluding hydrogens is 266 g/mol. The Morgan fingerprint density at radius 3 is 2.76 bits per heavy atom. The molecule has 1 aromatic carbocycles. The number of aryl methyl sites for hydroxylation is 2. The fourth-order valence-electron chi connectivity index (χ4n) is 2.57. The molecule has 3 aromatic rings. The number of aromatic nitrogens is 3. The van der Waals surface area contributed by atoms with Crippen molar-refractivity contribution in [2.75, 3.05) is 11.1 Å². The fourth-order valence-corrected chi connectivity index (χ4v) is 2.57. The second kappa shape index (κ2) is 5.05. The van der Waals surface area contributed by atoms with Gasteiger partial charge in [0.1, 0.15) is 17.9 Å². The van der Waals surface area contributed by atoms with E-state index in [1.807, 2.05) is 32.0 Å². The molecule has 0 saturated heterocycles. The number of rotatable bonds is 3. The summed E-state index contributed by atoms with van der Waals surface area (Å²) in [6.07, 6.45) is 1.53. The van der Waals surface area contributed by atoms with Crippen LogP contribution in [-0.2, 0) is 0 Å². The third-order valence-electron chi connectivity index (χ3n) is 3.54. The van der Waals surface area contributed by atoms with Crippen LogP contribution in [-0.4, -0.2) is 15.1 Å². The van der Waals surface area contributed by atoms with E-state index < -0.39 is 0 Å². The number of anilines is 2. The van der Waals surface area contributed by atoms with Crippen LogP contribution in [0.5, 0.6) is 0 Å². The number of hydrogen-bond donors (Lipinski definition) is 2. The largest absolute Gasteiger partial charge is 0.399 e. The Balaban J connectivity index is 1.98. The molecule has 21 heavy (non-hydrogen) atoms. The number of nitrogens with zero attached hydrogens (tertiary/aromatic N) is 3. The van der Waals surface area contributed by atoms with Crippen LogP contribution in [0, 0.1) is 13.8 Å². The molecule has 6 nitrogen and oxygen atoms in total. The normalized spacial score (nSPS) is 12.5. The Bertz CT molecular complexity index is 776. The monoisotopic (exact) mass is 283 g/mol. The van der Waals surface area contributed by atoms with Crippen molar-refractivity contribution in [2.45, 2.75) is 26.8 Å². The van der Waals surface area contributed by atoms with E-state index in [0.29, 0.717) is 5.69 Å². The fraction of sp³-hybridized carbons (Fsp3) is 0.267. The highest BCUT2D eigenvalue weighted by molar-refractivity contribution is 5.90. The van der Waals surface area contributed by atoms with Gasteiger partial charge in [0.2, 0.25) is 0 Å². The highest BCUT2D eigenvalue weighted by atomic mass is 16.5. The van der Waals surface area contributed by atoms with Crippen molar-refractivity contribution in [1.29, 1.82) is 0 Å². The molecule has 0 radical (unpaired) electrons. The van der Waals surface area contributed by atoms with E-state index in [1.54, 1.807) is 0 Å². The van der Waals surface area contributed by atoms with Crippen LogP contribution in [0.2, 0.25) is 0 Å². The average Bonchev–Trinajstić information content (AvgIpc) is 2.78. The Morgan fingerprint density at radius 1 is 1.24 bits per heavy atom. The first-order chi connectivity index (χ1) is 10.1. The topological polar surface area (TPSA) is 89.9 Å². The van der Waals surface area contributed by atoms with Gasteiger partial charge in [-0.1, -0.05) is 5.16 Å². The van der Waals surface area contributed by atoms with Crippen molar-refractivity contribution in [1.82, 2.24) is 15.1 Å². The molecule has 2 aromatic heterocycles. The first kappa shape index (κ1) is 13.4. The summed E-state index contributed by atoms with van der Waals surface area (Å²) >= 11 is 0. The molecule has 3 rings (SSSR count). The summed E-state index contributed by atoms with van der Waals surface area (Å²) in [5.74, 6) is 1.59. The van der Waals surface area contributed by atoms with Gasteiger partial charge < -0.3 is 15.6 Å². The number of hydrogen-bond acceptors (Lipinski definition) is 6. The van der Waals surface area contributed by atoms with Gasteiger partial charge in [0.15, 0.2) is 0 Å². The zero-order valence-corrected chi connectivity index (χ0v) is 12.2. The van der Waals surface area contributed by atoms with Gasteiger partial charge in [-0.2, -0.15) is 0 Å². The molecular formula is C15H17N5O. The van der Waals surface area contributed by atoms with Gasteiger partial charge >= 0.3 is 0 Å². The van der Waals surface area contributed by atoms with Gasteiger partial charge in [-0.05, 0) is 39.0 Å². The summed E-state index contributed by atoms with van der Waals surface area (Å²) in [5, 5.41) is 8.32. The summed E-state index contributed by atoms with van der Waals surface area (Å²) in [6, 6.07) is 5.64. The molecule has 0 saturated carbocycles. The predicted octanol–water partition coefficient (Wildman–Crippen LogP) is 2.99. The summed E-state index contributed by atoms with van der Waals surface area (Å²) in [4.78, 5) is 8.58. The highest BCUT2D eigenvalue weighted by Crippen LogP contribution is 2.27. The van der Waals surface area contributed by atoms with Crippen LogP contribution in [0.4, 0.5) is 11.5 Å².